The fourth-order valence-corrected chi connectivity index (χ4v) is 4.29. The van der Waals surface area contributed by atoms with E-state index < -0.39 is 44.1 Å². The van der Waals surface area contributed by atoms with Crippen molar-refractivity contribution in [3.63, 3.8) is 0 Å². The summed E-state index contributed by atoms with van der Waals surface area (Å²) >= 11 is 5.55. The molecule has 10 heteroatoms. The Morgan fingerprint density at radius 2 is 1.47 bits per heavy atom. The maximum absolute atomic E-state index is 13.4. The molecule has 1 aliphatic carbocycles. The Bertz CT molecular complexity index is 1390. The van der Waals surface area contributed by atoms with E-state index >= 15 is 0 Å². The van der Waals surface area contributed by atoms with Crippen LogP contribution >= 0.6 is 11.6 Å². The van der Waals surface area contributed by atoms with Crippen LogP contribution in [0.15, 0.2) is 65.6 Å². The van der Waals surface area contributed by atoms with Gasteiger partial charge in [0.2, 0.25) is 5.91 Å². The molecule has 3 N–H and O–H groups in total. The minimum absolute atomic E-state index is 0.0180. The van der Waals surface area contributed by atoms with Crippen LogP contribution in [0.2, 0.25) is 0 Å². The second-order valence-corrected chi connectivity index (χ2v) is 8.56. The highest BCUT2D eigenvalue weighted by Crippen LogP contribution is 2.41. The molecule has 4 rings (SSSR count). The van der Waals surface area contributed by atoms with Gasteiger partial charge in [-0.3, -0.25) is 18.9 Å². The second-order valence-electron chi connectivity index (χ2n) is 6.90. The minimum Gasteiger partial charge on any atom is -0.355 e. The lowest BCUT2D eigenvalue weighted by Crippen LogP contribution is -2.27. The normalized spacial score (nSPS) is 12.7. The lowest BCUT2D eigenvalue weighted by Gasteiger charge is -2.25. The van der Waals surface area contributed by atoms with E-state index in [4.69, 9.17) is 11.6 Å². The summed E-state index contributed by atoms with van der Waals surface area (Å²) in [6.45, 7) is 0. The summed E-state index contributed by atoms with van der Waals surface area (Å²) in [6.07, 6.45) is 0. The molecule has 0 saturated carbocycles. The molecule has 0 spiro atoms. The summed E-state index contributed by atoms with van der Waals surface area (Å²) in [5.74, 6) is -2.58. The summed E-state index contributed by atoms with van der Waals surface area (Å²) in [5.41, 5.74) is -0.307. The van der Waals surface area contributed by atoms with Crippen molar-refractivity contribution in [2.45, 2.75) is 4.90 Å². The fourth-order valence-electron chi connectivity index (χ4n) is 3.55. The lowest BCUT2D eigenvalue weighted by atomic mass is 9.82. The second kappa shape index (κ2) is 8.19. The van der Waals surface area contributed by atoms with Gasteiger partial charge < -0.3 is 10.6 Å². The minimum atomic E-state index is -4.92. The van der Waals surface area contributed by atoms with Crippen LogP contribution in [0.4, 0.5) is 17.1 Å². The average Bonchev–Trinajstić information content (AvgIpc) is 2.77. The first-order valence-electron chi connectivity index (χ1n) is 9.27. The highest BCUT2D eigenvalue weighted by molar-refractivity contribution is 7.86. The predicted octanol–water partition coefficient (Wildman–Crippen LogP) is 3.63. The van der Waals surface area contributed by atoms with Gasteiger partial charge in [0.1, 0.15) is 10.8 Å². The molecule has 0 aromatic heterocycles. The third-order valence-electron chi connectivity index (χ3n) is 4.88. The number of alkyl halides is 1. The maximum atomic E-state index is 13.4. The van der Waals surface area contributed by atoms with Gasteiger partial charge in [-0.2, -0.15) is 8.42 Å². The van der Waals surface area contributed by atoms with Crippen molar-refractivity contribution < 1.29 is 27.4 Å². The zero-order chi connectivity index (χ0) is 23.0. The van der Waals surface area contributed by atoms with Crippen molar-refractivity contribution in [2.75, 3.05) is 16.5 Å². The van der Waals surface area contributed by atoms with Crippen LogP contribution in [0.25, 0.3) is 0 Å². The van der Waals surface area contributed by atoms with Crippen LogP contribution < -0.4 is 10.6 Å². The zero-order valence-corrected chi connectivity index (χ0v) is 17.8. The number of anilines is 3. The Hall–Kier alpha value is -3.53. The molecule has 1 amide bonds. The predicted molar refractivity (Wildman–Crippen MR) is 119 cm³/mol. The van der Waals surface area contributed by atoms with Gasteiger partial charge in [0.05, 0.1) is 22.5 Å². The molecular weight excluding hydrogens is 456 g/mol. The van der Waals surface area contributed by atoms with E-state index in [1.54, 1.807) is 42.5 Å². The average molecular weight is 471 g/mol. The van der Waals surface area contributed by atoms with Crippen molar-refractivity contribution in [1.82, 2.24) is 0 Å². The Morgan fingerprint density at radius 3 is 2.03 bits per heavy atom. The van der Waals surface area contributed by atoms with Crippen molar-refractivity contribution >= 4 is 56.3 Å². The molecule has 8 nitrogen and oxygen atoms in total. The van der Waals surface area contributed by atoms with Gasteiger partial charge in [0.25, 0.3) is 10.1 Å². The summed E-state index contributed by atoms with van der Waals surface area (Å²) in [4.78, 5) is 38.1. The van der Waals surface area contributed by atoms with E-state index in [0.29, 0.717) is 5.69 Å². The Morgan fingerprint density at radius 1 is 0.906 bits per heavy atom. The van der Waals surface area contributed by atoms with Gasteiger partial charge >= 0.3 is 0 Å². The first kappa shape index (κ1) is 21.7. The van der Waals surface area contributed by atoms with Gasteiger partial charge in [-0.25, -0.2) is 0 Å². The Labute approximate surface area is 188 Å². The molecule has 0 heterocycles. The van der Waals surface area contributed by atoms with Gasteiger partial charge in [0.15, 0.2) is 11.6 Å². The molecular formula is C22H15ClN2O6S. The summed E-state index contributed by atoms with van der Waals surface area (Å²) < 4.78 is 34.2. The number of amides is 1. The molecule has 0 bridgehead atoms. The number of halogens is 1. The highest BCUT2D eigenvalue weighted by atomic mass is 35.5. The van der Waals surface area contributed by atoms with E-state index in [0.717, 1.165) is 6.07 Å². The van der Waals surface area contributed by atoms with Crippen molar-refractivity contribution in [3.8, 4) is 0 Å². The maximum Gasteiger partial charge on any atom is 0.296 e. The fraction of sp³-hybridized carbons (Fsp3) is 0.0455. The molecule has 0 unspecified atom stereocenters. The van der Waals surface area contributed by atoms with Crippen molar-refractivity contribution in [1.29, 1.82) is 0 Å². The topological polar surface area (TPSA) is 130 Å². The first-order valence-corrected chi connectivity index (χ1v) is 11.2. The lowest BCUT2D eigenvalue weighted by molar-refractivity contribution is -0.113. The van der Waals surface area contributed by atoms with E-state index in [2.05, 4.69) is 10.6 Å². The smallest absolute Gasteiger partial charge is 0.296 e. The number of hydrogen-bond acceptors (Lipinski definition) is 6. The highest BCUT2D eigenvalue weighted by Gasteiger charge is 2.37. The summed E-state index contributed by atoms with van der Waals surface area (Å²) in [7, 11) is -4.92. The van der Waals surface area contributed by atoms with Crippen molar-refractivity contribution in [2.24, 2.45) is 0 Å². The van der Waals surface area contributed by atoms with E-state index in [-0.39, 0.29) is 27.9 Å². The molecule has 32 heavy (non-hydrogen) atoms. The molecule has 3 aromatic carbocycles. The van der Waals surface area contributed by atoms with E-state index in [1.807, 2.05) is 0 Å². The molecule has 162 valence electrons. The standard InChI is InChI=1S/C22H15ClN2O6S/c23-11-17(26)25-20-16(32(29,30)31)10-15(24-12-6-2-1-3-7-12)18-19(20)22(28)14-9-5-4-8-13(14)21(18)27/h1-10,24H,11H2,(H,25,26)(H,29,30,31). The van der Waals surface area contributed by atoms with Gasteiger partial charge in [-0.1, -0.05) is 42.5 Å². The van der Waals surface area contributed by atoms with E-state index in [9.17, 15) is 27.4 Å². The third-order valence-corrected chi connectivity index (χ3v) is 6.00. The third kappa shape index (κ3) is 3.77. The van der Waals surface area contributed by atoms with Crippen molar-refractivity contribution in [3.05, 3.63) is 82.9 Å². The van der Waals surface area contributed by atoms with Crippen LogP contribution in [-0.4, -0.2) is 36.3 Å². The zero-order valence-electron chi connectivity index (χ0n) is 16.3. The molecule has 0 atom stereocenters. The number of para-hydroxylation sites is 1. The van der Waals surface area contributed by atoms with Gasteiger partial charge in [0, 0.05) is 16.8 Å². The largest absolute Gasteiger partial charge is 0.355 e. The Kier molecular flexibility index (Phi) is 5.55. The number of hydrogen-bond donors (Lipinski definition) is 3. The molecule has 0 radical (unpaired) electrons. The number of carbonyl (C=O) groups excluding carboxylic acids is 3. The number of benzene rings is 3. The van der Waals surface area contributed by atoms with Gasteiger partial charge in [-0.05, 0) is 18.2 Å². The first-order chi connectivity index (χ1) is 15.2. The molecule has 0 aliphatic heterocycles. The van der Waals surface area contributed by atoms with Crippen LogP contribution in [0.3, 0.4) is 0 Å². The number of ketones is 2. The molecule has 0 saturated heterocycles. The number of carbonyl (C=O) groups is 3. The Balaban J connectivity index is 2.08. The quantitative estimate of drug-likeness (QED) is 0.300. The number of fused-ring (bicyclic) bond motifs is 2. The number of rotatable bonds is 5. The summed E-state index contributed by atoms with van der Waals surface area (Å²) in [6, 6.07) is 15.6. The van der Waals surface area contributed by atoms with Crippen LogP contribution in [0.5, 0.6) is 0 Å². The van der Waals surface area contributed by atoms with Gasteiger partial charge in [-0.15, -0.1) is 11.6 Å². The van der Waals surface area contributed by atoms with Crippen LogP contribution in [0, 0.1) is 0 Å². The monoisotopic (exact) mass is 470 g/mol. The SMILES string of the molecule is O=C(CCl)Nc1c(S(=O)(=O)O)cc(Nc2ccccc2)c2c1C(=O)c1ccccc1C2=O. The van der Waals surface area contributed by atoms with Crippen LogP contribution in [0.1, 0.15) is 31.8 Å². The molecule has 0 fully saturated rings. The van der Waals surface area contributed by atoms with Crippen LogP contribution in [-0.2, 0) is 14.9 Å². The van der Waals surface area contributed by atoms with E-state index in [1.165, 1.54) is 12.1 Å². The molecule has 3 aromatic rings. The molecule has 1 aliphatic rings. The number of nitrogens with one attached hydrogen (secondary N) is 2. The summed E-state index contributed by atoms with van der Waals surface area (Å²) in [5, 5.41) is 5.19.